The van der Waals surface area contributed by atoms with Gasteiger partial charge < -0.3 is 24.4 Å². The lowest BCUT2D eigenvalue weighted by molar-refractivity contribution is 0.175. The second-order valence-electron chi connectivity index (χ2n) is 19.6. The van der Waals surface area contributed by atoms with Crippen molar-refractivity contribution >= 4 is 105 Å². The summed E-state index contributed by atoms with van der Waals surface area (Å²) in [4.78, 5) is 11.1. The van der Waals surface area contributed by atoms with E-state index in [-0.39, 0.29) is 23.0 Å². The number of likely N-dealkylation sites (N-methyl/N-ethyl adjacent to an activating group) is 3. The van der Waals surface area contributed by atoms with E-state index in [1.54, 1.807) is 23.9 Å². The molecule has 0 amide bonds. The second kappa shape index (κ2) is 25.2. The molecule has 384 valence electrons. The summed E-state index contributed by atoms with van der Waals surface area (Å²) in [5, 5.41) is 15.5. The van der Waals surface area contributed by atoms with Crippen molar-refractivity contribution in [2.75, 3.05) is 80.0 Å². The Morgan fingerprint density at radius 3 is 1.71 bits per heavy atom. The zero-order chi connectivity index (χ0) is 50.6. The van der Waals surface area contributed by atoms with Crippen LogP contribution < -0.4 is 14.2 Å². The third-order valence-corrected chi connectivity index (χ3v) is 18.9. The minimum absolute atomic E-state index is 0.0185. The van der Waals surface area contributed by atoms with Crippen LogP contribution in [0.3, 0.4) is 0 Å². The molecule has 9 nitrogen and oxygen atoms in total. The molecule has 1 aliphatic carbocycles. The van der Waals surface area contributed by atoms with Crippen LogP contribution in [-0.4, -0.2) is 121 Å². The molecule has 0 aromatic heterocycles. The van der Waals surface area contributed by atoms with Gasteiger partial charge in [0.1, 0.15) is 0 Å². The molecule has 5 unspecified atom stereocenters. The van der Waals surface area contributed by atoms with Crippen molar-refractivity contribution in [1.29, 1.82) is 0 Å². The monoisotopic (exact) mass is 1150 g/mol. The maximum atomic E-state index is 13.9. The fraction of sp³-hybridized carbons (Fsp3) is 0.407. The lowest BCUT2D eigenvalue weighted by Crippen LogP contribution is -2.40. The summed E-state index contributed by atoms with van der Waals surface area (Å²) in [7, 11) is 6.33. The maximum Gasteiger partial charge on any atom is 0.174 e. The first-order valence-corrected chi connectivity index (χ1v) is 29.5. The van der Waals surface area contributed by atoms with Crippen molar-refractivity contribution in [1.82, 2.24) is 33.8 Å². The zero-order valence-electron chi connectivity index (χ0n) is 40.6. The topological polar surface area (TPSA) is 92.3 Å². The fourth-order valence-electron chi connectivity index (χ4n) is 10.8. The molecule has 5 aromatic carbocycles. The number of fused-ring (bicyclic) bond motifs is 3. The van der Waals surface area contributed by atoms with Crippen LogP contribution in [-0.2, 0) is 31.0 Å². The van der Waals surface area contributed by atoms with E-state index in [2.05, 4.69) is 103 Å². The molecule has 3 aliphatic heterocycles. The highest BCUT2D eigenvalue weighted by Crippen LogP contribution is 2.44. The molecule has 5 aromatic rings. The molecule has 0 fully saturated rings. The van der Waals surface area contributed by atoms with E-state index < -0.39 is 17.5 Å². The van der Waals surface area contributed by atoms with Crippen LogP contribution in [0.15, 0.2) is 106 Å². The minimum atomic E-state index is -1.43. The number of nitrogens with zero attached hydrogens (tertiary/aromatic N) is 4. The number of hydrogen-bond donors (Lipinski definition) is 4. The van der Waals surface area contributed by atoms with Crippen molar-refractivity contribution in [3.8, 4) is 0 Å². The van der Waals surface area contributed by atoms with Gasteiger partial charge in [-0.1, -0.05) is 112 Å². The Morgan fingerprint density at radius 2 is 1.12 bits per heavy atom. The van der Waals surface area contributed by atoms with Gasteiger partial charge in [0.05, 0.1) is 24.0 Å². The Kier molecular flexibility index (Phi) is 19.2. The van der Waals surface area contributed by atoms with Crippen LogP contribution in [0.25, 0.3) is 0 Å². The summed E-state index contributed by atoms with van der Waals surface area (Å²) in [6.45, 7) is 9.03. The van der Waals surface area contributed by atoms with Gasteiger partial charge in [-0.15, -0.1) is 4.72 Å². The molecule has 0 bridgehead atoms. The largest absolute Gasteiger partial charge is 0.593 e. The molecule has 4 aliphatic rings. The summed E-state index contributed by atoms with van der Waals surface area (Å²) in [6, 6.07) is 28.4. The van der Waals surface area contributed by atoms with E-state index in [0.29, 0.717) is 49.6 Å². The number of rotatable bonds is 18. The molecule has 4 N–H and O–H groups in total. The van der Waals surface area contributed by atoms with E-state index >= 15 is 0 Å². The Bertz CT molecular complexity index is 2760. The summed E-state index contributed by atoms with van der Waals surface area (Å²) in [6.07, 6.45) is 3.32. The highest BCUT2D eigenvalue weighted by Gasteiger charge is 2.35. The molecule has 3 heterocycles. The molecule has 0 saturated heterocycles. The normalized spacial score (nSPS) is 22.1. The zero-order valence-corrected chi connectivity index (χ0v) is 47.6. The Hall–Kier alpha value is -1.73. The lowest BCUT2D eigenvalue weighted by Gasteiger charge is -2.38. The van der Waals surface area contributed by atoms with Gasteiger partial charge in [-0.3, -0.25) is 14.3 Å². The van der Waals surface area contributed by atoms with Crippen LogP contribution in [0.5, 0.6) is 0 Å². The highest BCUT2D eigenvalue weighted by molar-refractivity contribution is 7.98. The number of hydrogen-bond acceptors (Lipinski definition) is 11. The molecule has 18 heteroatoms. The lowest BCUT2D eigenvalue weighted by atomic mass is 9.79. The number of aliphatic hydroxyl groups excluding tert-OH is 1. The quantitative estimate of drug-likeness (QED) is 0.0293. The third-order valence-electron chi connectivity index (χ3n) is 14.2. The Balaban J connectivity index is 0.840. The minimum Gasteiger partial charge on any atom is -0.593 e. The number of benzene rings is 5. The SMILES string of the molecule is CN1Cc2c(Cl)cc(Cl)cc2C(C2=CC(SNCCN(CCNSc3cccc(C4CN(C)Cc5c(Cl)cc(Cl)cc54)c3)CCN[S+]([O-])c3cccc(C4CN(C)Cc5c(Cl)cc(Cl)cc54)c3)CC[C@H]2O)C1. The average Bonchev–Trinajstić information content (AvgIpc) is 3.34. The van der Waals surface area contributed by atoms with Crippen molar-refractivity contribution in [3.63, 3.8) is 0 Å². The number of halogens is 6. The molecule has 0 spiro atoms. The van der Waals surface area contributed by atoms with E-state index in [0.717, 1.165) is 121 Å². The molecule has 72 heavy (non-hydrogen) atoms. The smallest absolute Gasteiger partial charge is 0.174 e. The van der Waals surface area contributed by atoms with Crippen molar-refractivity contribution < 1.29 is 9.66 Å². The van der Waals surface area contributed by atoms with Crippen LogP contribution in [0.1, 0.15) is 75.1 Å². The van der Waals surface area contributed by atoms with Gasteiger partial charge in [-0.25, -0.2) is 0 Å². The van der Waals surface area contributed by atoms with Gasteiger partial charge in [-0.05, 0) is 157 Å². The van der Waals surface area contributed by atoms with Crippen LogP contribution in [0.4, 0.5) is 0 Å². The first-order valence-electron chi connectivity index (χ1n) is 24.4. The molecular weight excluding hydrogens is 1090 g/mol. The molecule has 6 atom stereocenters. The van der Waals surface area contributed by atoms with E-state index in [4.69, 9.17) is 69.6 Å². The van der Waals surface area contributed by atoms with Crippen LogP contribution >= 0.6 is 93.5 Å². The number of nitrogens with one attached hydrogen (secondary N) is 3. The average molecular weight is 1150 g/mol. The maximum absolute atomic E-state index is 13.9. The van der Waals surface area contributed by atoms with Gasteiger partial charge in [0.2, 0.25) is 0 Å². The molecule has 0 saturated carbocycles. The fourth-order valence-corrected chi connectivity index (χ4v) is 15.0. The predicted octanol–water partition coefficient (Wildman–Crippen LogP) is 11.9. The van der Waals surface area contributed by atoms with Gasteiger partial charge in [-0.2, -0.15) is 0 Å². The second-order valence-corrected chi connectivity index (χ2v) is 25.5. The van der Waals surface area contributed by atoms with Crippen LogP contribution in [0.2, 0.25) is 30.1 Å². The predicted molar refractivity (Wildman–Crippen MR) is 305 cm³/mol. The standard InChI is InChI=1S/C54H61Cl6N7O2S3/c1-64-27-45(41-20-35(55)23-51(58)48(41)30-64)33-6-4-8-38(18-33)70-61-12-15-67(16-13-62-71-39-10-11-54(68)44(26-39)47-29-66(3)32-50-43(47)22-37(57)25-53(50)60)17-14-63-72(69)40-9-5-7-34(19-40)46-28-65(2)31-49-42(46)21-36(56)24-52(49)59/h4-9,18-26,39,45-47,54,61-63,68H,10-17,27-32H2,1-3H3/t39?,45?,46?,47?,54-,72?/m1/s1. The van der Waals surface area contributed by atoms with Gasteiger partial charge in [0.25, 0.3) is 0 Å². The Morgan fingerprint density at radius 1 is 0.625 bits per heavy atom. The number of aliphatic hydroxyl groups is 1. The highest BCUT2D eigenvalue weighted by atomic mass is 35.5. The molecule has 0 radical (unpaired) electrons. The van der Waals surface area contributed by atoms with E-state index in [9.17, 15) is 9.66 Å². The summed E-state index contributed by atoms with van der Waals surface area (Å²) in [5.74, 6) is 0.226. The van der Waals surface area contributed by atoms with Gasteiger partial charge in [0, 0.05) is 130 Å². The molecule has 9 rings (SSSR count). The molecular formula is C54H61Cl6N7O2S3. The Labute approximate surface area is 467 Å². The van der Waals surface area contributed by atoms with Gasteiger partial charge >= 0.3 is 0 Å². The first kappa shape index (κ1) is 55.0. The van der Waals surface area contributed by atoms with Crippen LogP contribution in [0, 0.1) is 0 Å². The third kappa shape index (κ3) is 13.5. The first-order chi connectivity index (χ1) is 34.7. The van der Waals surface area contributed by atoms with Crippen molar-refractivity contribution in [2.24, 2.45) is 0 Å². The van der Waals surface area contributed by atoms with E-state index in [1.807, 2.05) is 42.5 Å². The summed E-state index contributed by atoms with van der Waals surface area (Å²) < 4.78 is 24.6. The van der Waals surface area contributed by atoms with Gasteiger partial charge in [0.15, 0.2) is 4.90 Å². The summed E-state index contributed by atoms with van der Waals surface area (Å²) in [5.41, 5.74) is 10.1. The van der Waals surface area contributed by atoms with E-state index in [1.165, 1.54) is 11.1 Å². The summed E-state index contributed by atoms with van der Waals surface area (Å²) >= 11 is 41.5. The van der Waals surface area contributed by atoms with Crippen molar-refractivity contribution in [2.45, 2.75) is 71.4 Å². The van der Waals surface area contributed by atoms with Crippen molar-refractivity contribution in [3.05, 3.63) is 171 Å².